The molecule has 146 valence electrons. The number of hydrogen-bond donors (Lipinski definition) is 2. The van der Waals surface area contributed by atoms with Gasteiger partial charge < -0.3 is 24.7 Å². The number of nitrogens with one attached hydrogen (secondary N) is 2. The molecule has 1 saturated heterocycles. The van der Waals surface area contributed by atoms with Crippen molar-refractivity contribution in [2.24, 2.45) is 0 Å². The number of aromatic nitrogens is 2. The van der Waals surface area contributed by atoms with E-state index in [4.69, 9.17) is 9.47 Å². The molecule has 0 aliphatic carbocycles. The second kappa shape index (κ2) is 7.85. The van der Waals surface area contributed by atoms with E-state index < -0.39 is 12.3 Å². The minimum atomic E-state index is -1.24. The summed E-state index contributed by atoms with van der Waals surface area (Å²) in [6.45, 7) is 0.337. The fraction of sp³-hybridized carbons (Fsp3) is 0.300. The highest BCUT2D eigenvalue weighted by Gasteiger charge is 2.36. The third-order valence-corrected chi connectivity index (χ3v) is 4.70. The first-order valence-corrected chi connectivity index (χ1v) is 9.01. The number of para-hydroxylation sites is 2. The summed E-state index contributed by atoms with van der Waals surface area (Å²) in [6, 6.07) is 14.2. The Morgan fingerprint density at radius 2 is 2.04 bits per heavy atom. The Bertz CT molecular complexity index is 926. The fourth-order valence-electron chi connectivity index (χ4n) is 3.19. The molecule has 1 aliphatic rings. The molecule has 0 radical (unpaired) electrons. The van der Waals surface area contributed by atoms with Gasteiger partial charge in [-0.25, -0.2) is 14.2 Å². The van der Waals surface area contributed by atoms with Crippen LogP contribution in [0.25, 0.3) is 11.0 Å². The smallest absolute Gasteiger partial charge is 0.322 e. The van der Waals surface area contributed by atoms with Crippen LogP contribution in [0.5, 0.6) is 5.75 Å². The summed E-state index contributed by atoms with van der Waals surface area (Å²) in [4.78, 5) is 21.4. The maximum Gasteiger partial charge on any atom is 0.322 e. The summed E-state index contributed by atoms with van der Waals surface area (Å²) in [5.74, 6) is 1.33. The number of fused-ring (bicyclic) bond motifs is 1. The average Bonchev–Trinajstić information content (AvgIpc) is 3.30. The Hall–Kier alpha value is -3.13. The lowest BCUT2D eigenvalue weighted by atomic mass is 10.3. The highest BCUT2D eigenvalue weighted by molar-refractivity contribution is 5.89. The molecule has 1 fully saturated rings. The van der Waals surface area contributed by atoms with Gasteiger partial charge in [-0.15, -0.1) is 0 Å². The van der Waals surface area contributed by atoms with Crippen LogP contribution >= 0.6 is 0 Å². The van der Waals surface area contributed by atoms with Crippen molar-refractivity contribution >= 4 is 22.8 Å². The van der Waals surface area contributed by atoms with E-state index in [9.17, 15) is 9.18 Å². The minimum Gasteiger partial charge on any atom is -0.497 e. The SMILES string of the molecule is COc1ccc(NC(=O)N2C[C@@H](F)[C@@H](OCc3nc4ccccc4[nH]3)C2)cc1. The zero-order valence-corrected chi connectivity index (χ0v) is 15.4. The standard InChI is InChI=1S/C20H21FN4O3/c1-27-14-8-6-13(7-9-14)22-20(26)25-10-15(21)18(11-25)28-12-19-23-16-4-2-3-5-17(16)24-19/h2-9,15,18H,10-12H2,1H3,(H,22,26)(H,23,24)/t15-,18+/m1/s1. The summed E-state index contributed by atoms with van der Waals surface area (Å²) in [6.07, 6.45) is -1.93. The molecular weight excluding hydrogens is 363 g/mol. The minimum absolute atomic E-state index is 0.00716. The summed E-state index contributed by atoms with van der Waals surface area (Å²) in [7, 11) is 1.57. The van der Waals surface area contributed by atoms with Crippen LogP contribution in [0.3, 0.4) is 0 Å². The number of benzene rings is 2. The molecule has 0 unspecified atom stereocenters. The molecule has 0 saturated carbocycles. The van der Waals surface area contributed by atoms with Gasteiger partial charge in [0.15, 0.2) is 0 Å². The van der Waals surface area contributed by atoms with Crippen molar-refractivity contribution in [3.05, 3.63) is 54.4 Å². The summed E-state index contributed by atoms with van der Waals surface area (Å²) < 4.78 is 25.1. The number of carbonyl (C=O) groups is 1. The Balaban J connectivity index is 1.32. The van der Waals surface area contributed by atoms with Crippen molar-refractivity contribution in [2.75, 3.05) is 25.5 Å². The monoisotopic (exact) mass is 384 g/mol. The van der Waals surface area contributed by atoms with Gasteiger partial charge >= 0.3 is 6.03 Å². The number of methoxy groups -OCH3 is 1. The predicted molar refractivity (Wildman–Crippen MR) is 103 cm³/mol. The molecule has 2 heterocycles. The maximum atomic E-state index is 14.3. The largest absolute Gasteiger partial charge is 0.497 e. The number of imidazole rings is 1. The number of urea groups is 1. The fourth-order valence-corrected chi connectivity index (χ4v) is 3.19. The molecule has 2 atom stereocenters. The van der Waals surface area contributed by atoms with E-state index in [1.165, 1.54) is 4.90 Å². The normalized spacial score (nSPS) is 19.1. The van der Waals surface area contributed by atoms with Crippen LogP contribution in [0.15, 0.2) is 48.5 Å². The number of aromatic amines is 1. The topological polar surface area (TPSA) is 79.5 Å². The average molecular weight is 384 g/mol. The molecule has 28 heavy (non-hydrogen) atoms. The Kier molecular flexibility index (Phi) is 5.12. The summed E-state index contributed by atoms with van der Waals surface area (Å²) in [5.41, 5.74) is 2.36. The van der Waals surface area contributed by atoms with Crippen LogP contribution in [-0.4, -0.2) is 53.4 Å². The van der Waals surface area contributed by atoms with Crippen molar-refractivity contribution in [3.8, 4) is 5.75 Å². The van der Waals surface area contributed by atoms with E-state index in [1.807, 2.05) is 24.3 Å². The molecule has 3 aromatic rings. The lowest BCUT2D eigenvalue weighted by molar-refractivity contribution is 0.00961. The van der Waals surface area contributed by atoms with Crippen molar-refractivity contribution in [1.82, 2.24) is 14.9 Å². The highest BCUT2D eigenvalue weighted by Crippen LogP contribution is 2.21. The Labute approximate surface area is 161 Å². The molecule has 7 nitrogen and oxygen atoms in total. The molecule has 0 spiro atoms. The number of hydrogen-bond acceptors (Lipinski definition) is 4. The Morgan fingerprint density at radius 1 is 1.25 bits per heavy atom. The van der Waals surface area contributed by atoms with Gasteiger partial charge in [0.2, 0.25) is 0 Å². The highest BCUT2D eigenvalue weighted by atomic mass is 19.1. The molecule has 0 bridgehead atoms. The van der Waals surface area contributed by atoms with Gasteiger partial charge in [0.25, 0.3) is 0 Å². The molecule has 1 aliphatic heterocycles. The number of anilines is 1. The van der Waals surface area contributed by atoms with Gasteiger partial charge in [-0.2, -0.15) is 0 Å². The number of alkyl halides is 1. The van der Waals surface area contributed by atoms with Crippen LogP contribution in [0.2, 0.25) is 0 Å². The third-order valence-electron chi connectivity index (χ3n) is 4.70. The van der Waals surface area contributed by atoms with Gasteiger partial charge in [-0.3, -0.25) is 0 Å². The van der Waals surface area contributed by atoms with Crippen LogP contribution in [0.4, 0.5) is 14.9 Å². The number of halogens is 1. The first kappa shape index (κ1) is 18.2. The van der Waals surface area contributed by atoms with E-state index >= 15 is 0 Å². The third kappa shape index (κ3) is 3.91. The van der Waals surface area contributed by atoms with Crippen LogP contribution in [-0.2, 0) is 11.3 Å². The van der Waals surface area contributed by atoms with E-state index in [0.29, 0.717) is 17.3 Å². The van der Waals surface area contributed by atoms with Gasteiger partial charge in [-0.1, -0.05) is 12.1 Å². The zero-order chi connectivity index (χ0) is 19.5. The number of rotatable bonds is 5. The first-order valence-electron chi connectivity index (χ1n) is 9.01. The number of H-pyrrole nitrogens is 1. The number of ether oxygens (including phenoxy) is 2. The van der Waals surface area contributed by atoms with Gasteiger partial charge in [0.05, 0.1) is 31.2 Å². The number of amides is 2. The van der Waals surface area contributed by atoms with Crippen molar-refractivity contribution in [2.45, 2.75) is 18.9 Å². The molecule has 4 rings (SSSR count). The number of nitrogens with zero attached hydrogens (tertiary/aromatic N) is 2. The first-order chi connectivity index (χ1) is 13.6. The summed E-state index contributed by atoms with van der Waals surface area (Å²) in [5, 5.41) is 2.76. The van der Waals surface area contributed by atoms with Gasteiger partial charge in [-0.05, 0) is 36.4 Å². The second-order valence-corrected chi connectivity index (χ2v) is 6.63. The maximum absolute atomic E-state index is 14.3. The lowest BCUT2D eigenvalue weighted by Gasteiger charge is -2.17. The van der Waals surface area contributed by atoms with E-state index in [1.54, 1.807) is 31.4 Å². The van der Waals surface area contributed by atoms with Crippen LogP contribution < -0.4 is 10.1 Å². The zero-order valence-electron chi connectivity index (χ0n) is 15.4. The van der Waals surface area contributed by atoms with Crippen molar-refractivity contribution in [1.29, 1.82) is 0 Å². The molecule has 2 aromatic carbocycles. The molecule has 2 amide bonds. The lowest BCUT2D eigenvalue weighted by Crippen LogP contribution is -2.34. The van der Waals surface area contributed by atoms with E-state index in [-0.39, 0.29) is 25.7 Å². The van der Waals surface area contributed by atoms with E-state index in [0.717, 1.165) is 11.0 Å². The van der Waals surface area contributed by atoms with Gasteiger partial charge in [0.1, 0.15) is 30.5 Å². The number of carbonyl (C=O) groups excluding carboxylic acids is 1. The van der Waals surface area contributed by atoms with Crippen LogP contribution in [0, 0.1) is 0 Å². The van der Waals surface area contributed by atoms with Crippen LogP contribution in [0.1, 0.15) is 5.82 Å². The molecule has 2 N–H and O–H groups in total. The summed E-state index contributed by atoms with van der Waals surface area (Å²) >= 11 is 0. The van der Waals surface area contributed by atoms with Crippen molar-refractivity contribution in [3.63, 3.8) is 0 Å². The quantitative estimate of drug-likeness (QED) is 0.707. The Morgan fingerprint density at radius 3 is 2.79 bits per heavy atom. The molecular formula is C20H21FN4O3. The van der Waals surface area contributed by atoms with Gasteiger partial charge in [0, 0.05) is 5.69 Å². The van der Waals surface area contributed by atoms with Crippen molar-refractivity contribution < 1.29 is 18.7 Å². The van der Waals surface area contributed by atoms with E-state index in [2.05, 4.69) is 15.3 Å². The predicted octanol–water partition coefficient (Wildman–Crippen LogP) is 3.34. The second-order valence-electron chi connectivity index (χ2n) is 6.63. The number of likely N-dealkylation sites (tertiary alicyclic amines) is 1. The molecule has 8 heteroatoms. The molecule has 1 aromatic heterocycles.